The van der Waals surface area contributed by atoms with Crippen LogP contribution in [-0.2, 0) is 0 Å². The van der Waals surface area contributed by atoms with E-state index in [-0.39, 0.29) is 0 Å². The molecule has 20 heavy (non-hydrogen) atoms. The summed E-state index contributed by atoms with van der Waals surface area (Å²) in [5.41, 5.74) is 3.01. The fourth-order valence-electron chi connectivity index (χ4n) is 2.92. The van der Waals surface area contributed by atoms with Gasteiger partial charge in [-0.25, -0.2) is 0 Å². The second-order valence-electron chi connectivity index (χ2n) is 5.38. The molecule has 1 atom stereocenters. The number of hydrogen-bond donors (Lipinski definition) is 1. The van der Waals surface area contributed by atoms with Gasteiger partial charge in [0.25, 0.3) is 0 Å². The summed E-state index contributed by atoms with van der Waals surface area (Å²) in [6, 6.07) is 11.4. The predicted octanol–water partition coefficient (Wildman–Crippen LogP) is 5.48. The van der Waals surface area contributed by atoms with E-state index in [1.54, 1.807) is 5.56 Å². The molecular formula is C17H20BrNS. The molecule has 0 radical (unpaired) electrons. The topological polar surface area (TPSA) is 12.0 Å². The molecule has 1 N–H and O–H groups in total. The molecule has 1 aliphatic carbocycles. The van der Waals surface area contributed by atoms with E-state index < -0.39 is 0 Å². The van der Waals surface area contributed by atoms with E-state index in [9.17, 15) is 0 Å². The van der Waals surface area contributed by atoms with Crippen molar-refractivity contribution in [2.24, 2.45) is 0 Å². The van der Waals surface area contributed by atoms with Gasteiger partial charge in [-0.3, -0.25) is 0 Å². The minimum absolute atomic E-state index is 0.311. The maximum atomic E-state index is 3.70. The average Bonchev–Trinajstić information content (AvgIpc) is 2.81. The van der Waals surface area contributed by atoms with Crippen LogP contribution in [0, 0.1) is 0 Å². The molecule has 1 unspecified atom stereocenters. The van der Waals surface area contributed by atoms with Gasteiger partial charge in [0.2, 0.25) is 0 Å². The van der Waals surface area contributed by atoms with Crippen molar-refractivity contribution >= 4 is 27.3 Å². The molecule has 2 aromatic rings. The van der Waals surface area contributed by atoms with Gasteiger partial charge in [-0.1, -0.05) is 37.6 Å². The quantitative estimate of drug-likeness (QED) is 0.753. The largest absolute Gasteiger partial charge is 0.306 e. The molecule has 0 amide bonds. The first kappa shape index (κ1) is 14.3. The molecule has 3 heteroatoms. The molecule has 1 aromatic heterocycles. The number of thiophene rings is 1. The van der Waals surface area contributed by atoms with Crippen molar-refractivity contribution in [3.63, 3.8) is 0 Å². The SMILES string of the molecule is CCNC(c1ccccc1C1CCC1)c1sccc1Br. The fourth-order valence-corrected chi connectivity index (χ4v) is 4.62. The zero-order valence-corrected chi connectivity index (χ0v) is 14.1. The summed E-state index contributed by atoms with van der Waals surface area (Å²) >= 11 is 5.53. The zero-order chi connectivity index (χ0) is 13.9. The number of nitrogens with one attached hydrogen (secondary N) is 1. The van der Waals surface area contributed by atoms with Crippen molar-refractivity contribution in [1.82, 2.24) is 5.32 Å². The second-order valence-corrected chi connectivity index (χ2v) is 7.18. The third kappa shape index (κ3) is 2.72. The Hall–Kier alpha value is -0.640. The van der Waals surface area contributed by atoms with E-state index in [0.717, 1.165) is 12.5 Å². The Kier molecular flexibility index (Phi) is 4.59. The fraction of sp³-hybridized carbons (Fsp3) is 0.412. The van der Waals surface area contributed by atoms with Gasteiger partial charge >= 0.3 is 0 Å². The lowest BCUT2D eigenvalue weighted by atomic mass is 9.77. The van der Waals surface area contributed by atoms with Crippen LogP contribution in [-0.4, -0.2) is 6.54 Å². The Labute approximate surface area is 133 Å². The summed E-state index contributed by atoms with van der Waals surface area (Å²) in [4.78, 5) is 1.39. The maximum Gasteiger partial charge on any atom is 0.0685 e. The minimum atomic E-state index is 0.311. The highest BCUT2D eigenvalue weighted by molar-refractivity contribution is 9.10. The third-order valence-corrected chi connectivity index (χ3v) is 6.10. The van der Waals surface area contributed by atoms with E-state index in [1.807, 2.05) is 11.3 Å². The first-order chi connectivity index (χ1) is 9.81. The molecule has 1 fully saturated rings. The Morgan fingerprint density at radius 2 is 2.10 bits per heavy atom. The minimum Gasteiger partial charge on any atom is -0.306 e. The van der Waals surface area contributed by atoms with Gasteiger partial charge in [-0.05, 0) is 63.8 Å². The van der Waals surface area contributed by atoms with Crippen LogP contribution in [0.4, 0.5) is 0 Å². The lowest BCUT2D eigenvalue weighted by Crippen LogP contribution is -2.24. The molecule has 3 rings (SSSR count). The third-order valence-electron chi connectivity index (χ3n) is 4.17. The molecule has 0 bridgehead atoms. The predicted molar refractivity (Wildman–Crippen MR) is 90.6 cm³/mol. The van der Waals surface area contributed by atoms with Gasteiger partial charge < -0.3 is 5.32 Å². The van der Waals surface area contributed by atoms with Gasteiger partial charge in [0.05, 0.1) is 6.04 Å². The van der Waals surface area contributed by atoms with Crippen LogP contribution in [0.25, 0.3) is 0 Å². The molecule has 1 saturated carbocycles. The highest BCUT2D eigenvalue weighted by Crippen LogP contribution is 2.42. The maximum absolute atomic E-state index is 3.70. The van der Waals surface area contributed by atoms with Crippen LogP contribution in [0.1, 0.15) is 54.1 Å². The van der Waals surface area contributed by atoms with Crippen LogP contribution in [0.2, 0.25) is 0 Å². The van der Waals surface area contributed by atoms with Crippen molar-refractivity contribution in [2.45, 2.75) is 38.1 Å². The molecule has 1 aliphatic rings. The first-order valence-corrected chi connectivity index (χ1v) is 9.03. The van der Waals surface area contributed by atoms with E-state index in [4.69, 9.17) is 0 Å². The molecular weight excluding hydrogens is 330 g/mol. The van der Waals surface area contributed by atoms with Crippen LogP contribution in [0.5, 0.6) is 0 Å². The normalized spacial score (nSPS) is 16.9. The summed E-state index contributed by atoms with van der Waals surface area (Å²) in [6.07, 6.45) is 4.08. The van der Waals surface area contributed by atoms with Crippen LogP contribution < -0.4 is 5.32 Å². The van der Waals surface area contributed by atoms with Gasteiger partial charge in [0, 0.05) is 9.35 Å². The second kappa shape index (κ2) is 6.42. The summed E-state index contributed by atoms with van der Waals surface area (Å²) in [7, 11) is 0. The van der Waals surface area contributed by atoms with E-state index in [2.05, 4.69) is 63.9 Å². The monoisotopic (exact) mass is 349 g/mol. The molecule has 1 nitrogen and oxygen atoms in total. The number of benzene rings is 1. The van der Waals surface area contributed by atoms with Crippen molar-refractivity contribution in [1.29, 1.82) is 0 Å². The average molecular weight is 350 g/mol. The van der Waals surface area contributed by atoms with Crippen molar-refractivity contribution < 1.29 is 0 Å². The van der Waals surface area contributed by atoms with Gasteiger partial charge in [-0.2, -0.15) is 0 Å². The van der Waals surface area contributed by atoms with Crippen LogP contribution in [0.15, 0.2) is 40.2 Å². The summed E-state index contributed by atoms with van der Waals surface area (Å²) in [6.45, 7) is 3.16. The first-order valence-electron chi connectivity index (χ1n) is 7.36. The Morgan fingerprint density at radius 1 is 1.30 bits per heavy atom. The van der Waals surface area contributed by atoms with Gasteiger partial charge in [-0.15, -0.1) is 11.3 Å². The molecule has 106 valence electrons. The van der Waals surface area contributed by atoms with E-state index in [1.165, 1.54) is 34.2 Å². The summed E-state index contributed by atoms with van der Waals surface area (Å²) in [5.74, 6) is 0.770. The van der Waals surface area contributed by atoms with Crippen LogP contribution in [0.3, 0.4) is 0 Å². The summed E-state index contributed by atoms with van der Waals surface area (Å²) < 4.78 is 1.22. The Balaban J connectivity index is 2.01. The highest BCUT2D eigenvalue weighted by atomic mass is 79.9. The van der Waals surface area contributed by atoms with Crippen LogP contribution >= 0.6 is 27.3 Å². The summed E-state index contributed by atoms with van der Waals surface area (Å²) in [5, 5.41) is 5.83. The molecule has 1 heterocycles. The van der Waals surface area contributed by atoms with Crippen molar-refractivity contribution in [3.05, 3.63) is 56.2 Å². The zero-order valence-electron chi connectivity index (χ0n) is 11.7. The van der Waals surface area contributed by atoms with Crippen molar-refractivity contribution in [3.8, 4) is 0 Å². The molecule has 0 saturated heterocycles. The number of rotatable bonds is 5. The molecule has 1 aromatic carbocycles. The smallest absolute Gasteiger partial charge is 0.0685 e. The highest BCUT2D eigenvalue weighted by Gasteiger charge is 2.26. The standard InChI is InChI=1S/C17H20BrNS/c1-2-19-16(17-15(18)10-11-20-17)14-9-4-3-8-13(14)12-6-5-7-12/h3-4,8-12,16,19H,2,5-7H2,1H3. The molecule has 0 spiro atoms. The van der Waals surface area contributed by atoms with Gasteiger partial charge in [0.1, 0.15) is 0 Å². The Morgan fingerprint density at radius 3 is 2.70 bits per heavy atom. The number of hydrogen-bond acceptors (Lipinski definition) is 2. The Bertz CT molecular complexity index is 574. The van der Waals surface area contributed by atoms with E-state index in [0.29, 0.717) is 6.04 Å². The van der Waals surface area contributed by atoms with Crippen molar-refractivity contribution in [2.75, 3.05) is 6.54 Å². The van der Waals surface area contributed by atoms with E-state index >= 15 is 0 Å². The lowest BCUT2D eigenvalue weighted by molar-refractivity contribution is 0.414. The molecule has 0 aliphatic heterocycles. The number of halogens is 1. The van der Waals surface area contributed by atoms with Gasteiger partial charge in [0.15, 0.2) is 0 Å². The lowest BCUT2D eigenvalue weighted by Gasteiger charge is -2.30.